The van der Waals surface area contributed by atoms with Crippen LogP contribution in [0.25, 0.3) is 5.69 Å². The van der Waals surface area contributed by atoms with E-state index >= 15 is 0 Å². The maximum atomic E-state index is 11.8. The number of ether oxygens (including phenoxy) is 1. The highest BCUT2D eigenvalue weighted by Crippen LogP contribution is 2.12. The van der Waals surface area contributed by atoms with Crippen LogP contribution in [0.2, 0.25) is 0 Å². The first-order chi connectivity index (χ1) is 9.76. The Morgan fingerprint density at radius 3 is 2.75 bits per heavy atom. The second kappa shape index (κ2) is 6.65. The number of carbonyl (C=O) groups is 1. The second-order valence-corrected chi connectivity index (χ2v) is 4.11. The third kappa shape index (κ3) is 3.11. The zero-order valence-corrected chi connectivity index (χ0v) is 11.5. The van der Waals surface area contributed by atoms with E-state index in [9.17, 15) is 4.79 Å². The standard InChI is InChI=1S/C13H17N5O2/c1-3-11(12(19)20-4-2)14-13-15-16-17-18(13)10-8-6-5-7-9-10/h5-9,11H,3-4H2,1-2H3,(H,14,15,17). The van der Waals surface area contributed by atoms with Gasteiger partial charge in [-0.2, -0.15) is 4.68 Å². The minimum atomic E-state index is -0.469. The van der Waals surface area contributed by atoms with Crippen molar-refractivity contribution in [1.29, 1.82) is 0 Å². The average molecular weight is 275 g/mol. The molecule has 1 atom stereocenters. The van der Waals surface area contributed by atoms with Crippen LogP contribution in [0.5, 0.6) is 0 Å². The molecule has 0 aliphatic carbocycles. The van der Waals surface area contributed by atoms with Crippen molar-refractivity contribution in [2.45, 2.75) is 26.3 Å². The summed E-state index contributed by atoms with van der Waals surface area (Å²) >= 11 is 0. The molecule has 0 spiro atoms. The summed E-state index contributed by atoms with van der Waals surface area (Å²) in [5, 5.41) is 14.5. The number of nitrogens with zero attached hydrogens (tertiary/aromatic N) is 4. The molecule has 1 N–H and O–H groups in total. The van der Waals surface area contributed by atoms with Gasteiger partial charge in [0.05, 0.1) is 12.3 Å². The first kappa shape index (κ1) is 14.0. The van der Waals surface area contributed by atoms with Gasteiger partial charge in [-0.05, 0) is 35.9 Å². The molecular weight excluding hydrogens is 258 g/mol. The third-order valence-electron chi connectivity index (χ3n) is 2.75. The Kier molecular flexibility index (Phi) is 4.65. The second-order valence-electron chi connectivity index (χ2n) is 4.11. The first-order valence-corrected chi connectivity index (χ1v) is 6.53. The van der Waals surface area contributed by atoms with Gasteiger partial charge in [0.1, 0.15) is 6.04 Å². The molecule has 0 bridgehead atoms. The van der Waals surface area contributed by atoms with Gasteiger partial charge in [-0.25, -0.2) is 4.79 Å². The molecule has 20 heavy (non-hydrogen) atoms. The fraction of sp³-hybridized carbons (Fsp3) is 0.385. The SMILES string of the molecule is CCOC(=O)C(CC)Nc1nnnn1-c1ccccc1. The molecule has 0 radical (unpaired) electrons. The number of aromatic nitrogens is 4. The molecule has 2 aromatic rings. The number of esters is 1. The van der Waals surface area contributed by atoms with Crippen LogP contribution in [0.15, 0.2) is 30.3 Å². The van der Waals surface area contributed by atoms with Gasteiger partial charge in [0, 0.05) is 0 Å². The number of benzene rings is 1. The Balaban J connectivity index is 2.18. The van der Waals surface area contributed by atoms with Gasteiger partial charge in [-0.3, -0.25) is 0 Å². The van der Waals surface area contributed by atoms with Gasteiger partial charge in [-0.15, -0.1) is 0 Å². The van der Waals surface area contributed by atoms with Gasteiger partial charge in [0.2, 0.25) is 5.95 Å². The predicted octanol–water partition coefficient (Wildman–Crippen LogP) is 1.42. The van der Waals surface area contributed by atoms with Crippen molar-refractivity contribution in [3.8, 4) is 5.69 Å². The molecule has 1 aromatic carbocycles. The minimum Gasteiger partial charge on any atom is -0.464 e. The van der Waals surface area contributed by atoms with Crippen molar-refractivity contribution in [3.63, 3.8) is 0 Å². The van der Waals surface area contributed by atoms with Crippen molar-refractivity contribution in [2.75, 3.05) is 11.9 Å². The predicted molar refractivity (Wildman–Crippen MR) is 73.5 cm³/mol. The Morgan fingerprint density at radius 2 is 2.10 bits per heavy atom. The Labute approximate surface area is 116 Å². The van der Waals surface area contributed by atoms with Crippen molar-refractivity contribution in [3.05, 3.63) is 30.3 Å². The number of para-hydroxylation sites is 1. The largest absolute Gasteiger partial charge is 0.464 e. The molecule has 0 fully saturated rings. The molecule has 7 nitrogen and oxygen atoms in total. The summed E-state index contributed by atoms with van der Waals surface area (Å²) in [5.74, 6) is 0.105. The van der Waals surface area contributed by atoms with E-state index in [-0.39, 0.29) is 5.97 Å². The highest BCUT2D eigenvalue weighted by molar-refractivity contribution is 5.78. The van der Waals surface area contributed by atoms with Gasteiger partial charge in [-0.1, -0.05) is 30.2 Å². The van der Waals surface area contributed by atoms with Gasteiger partial charge in [0.25, 0.3) is 0 Å². The smallest absolute Gasteiger partial charge is 0.328 e. The van der Waals surface area contributed by atoms with Gasteiger partial charge in [0.15, 0.2) is 0 Å². The molecular formula is C13H17N5O2. The van der Waals surface area contributed by atoms with E-state index in [4.69, 9.17) is 4.74 Å². The van der Waals surface area contributed by atoms with E-state index in [0.29, 0.717) is 19.0 Å². The first-order valence-electron chi connectivity index (χ1n) is 6.53. The van der Waals surface area contributed by atoms with Crippen LogP contribution in [0.3, 0.4) is 0 Å². The fourth-order valence-corrected chi connectivity index (χ4v) is 1.75. The van der Waals surface area contributed by atoms with E-state index in [0.717, 1.165) is 5.69 Å². The van der Waals surface area contributed by atoms with Gasteiger partial charge >= 0.3 is 5.97 Å². The molecule has 0 saturated heterocycles. The third-order valence-corrected chi connectivity index (χ3v) is 2.75. The molecule has 7 heteroatoms. The molecule has 0 aliphatic rings. The van der Waals surface area contributed by atoms with Crippen LogP contribution in [-0.2, 0) is 9.53 Å². The topological polar surface area (TPSA) is 81.9 Å². The minimum absolute atomic E-state index is 0.308. The maximum Gasteiger partial charge on any atom is 0.328 e. The van der Waals surface area contributed by atoms with Crippen LogP contribution in [0, 0.1) is 0 Å². The molecule has 1 aromatic heterocycles. The molecule has 0 amide bonds. The Bertz CT molecular complexity index is 555. The lowest BCUT2D eigenvalue weighted by molar-refractivity contribution is -0.144. The van der Waals surface area contributed by atoms with Crippen LogP contribution in [0.1, 0.15) is 20.3 Å². The monoisotopic (exact) mass is 275 g/mol. The molecule has 106 valence electrons. The Hall–Kier alpha value is -2.44. The normalized spacial score (nSPS) is 11.9. The highest BCUT2D eigenvalue weighted by Gasteiger charge is 2.20. The zero-order chi connectivity index (χ0) is 14.4. The number of anilines is 1. The summed E-state index contributed by atoms with van der Waals surface area (Å²) < 4.78 is 6.55. The van der Waals surface area contributed by atoms with Crippen LogP contribution in [0.4, 0.5) is 5.95 Å². The van der Waals surface area contributed by atoms with Crippen LogP contribution in [-0.4, -0.2) is 38.8 Å². The number of tetrazole rings is 1. The lowest BCUT2D eigenvalue weighted by Crippen LogP contribution is -2.32. The van der Waals surface area contributed by atoms with Crippen molar-refractivity contribution in [1.82, 2.24) is 20.2 Å². The van der Waals surface area contributed by atoms with Crippen molar-refractivity contribution in [2.24, 2.45) is 0 Å². The molecule has 0 aliphatic heterocycles. The van der Waals surface area contributed by atoms with E-state index < -0.39 is 6.04 Å². The average Bonchev–Trinajstić information content (AvgIpc) is 2.94. The summed E-state index contributed by atoms with van der Waals surface area (Å²) in [6, 6.07) is 8.99. The number of hydrogen-bond donors (Lipinski definition) is 1. The number of rotatable bonds is 6. The van der Waals surface area contributed by atoms with E-state index in [2.05, 4.69) is 20.8 Å². The quantitative estimate of drug-likeness (QED) is 0.803. The molecule has 2 rings (SSSR count). The van der Waals surface area contributed by atoms with Crippen molar-refractivity contribution < 1.29 is 9.53 Å². The maximum absolute atomic E-state index is 11.8. The lowest BCUT2D eigenvalue weighted by atomic mass is 10.2. The van der Waals surface area contributed by atoms with E-state index in [1.807, 2.05) is 37.3 Å². The van der Waals surface area contributed by atoms with Crippen LogP contribution >= 0.6 is 0 Å². The van der Waals surface area contributed by atoms with E-state index in [1.165, 1.54) is 0 Å². The Morgan fingerprint density at radius 1 is 1.35 bits per heavy atom. The number of hydrogen-bond acceptors (Lipinski definition) is 6. The van der Waals surface area contributed by atoms with Crippen molar-refractivity contribution >= 4 is 11.9 Å². The number of nitrogens with one attached hydrogen (secondary N) is 1. The lowest BCUT2D eigenvalue weighted by Gasteiger charge is -2.15. The highest BCUT2D eigenvalue weighted by atomic mass is 16.5. The zero-order valence-electron chi connectivity index (χ0n) is 11.5. The summed E-state index contributed by atoms with van der Waals surface area (Å²) in [7, 11) is 0. The van der Waals surface area contributed by atoms with E-state index in [1.54, 1.807) is 11.6 Å². The van der Waals surface area contributed by atoms with Gasteiger partial charge < -0.3 is 10.1 Å². The summed E-state index contributed by atoms with van der Waals surface area (Å²) in [6.07, 6.45) is 0.584. The molecule has 1 heterocycles. The summed E-state index contributed by atoms with van der Waals surface area (Å²) in [5.41, 5.74) is 0.818. The summed E-state index contributed by atoms with van der Waals surface area (Å²) in [6.45, 7) is 4.02. The molecule has 0 saturated carbocycles. The molecule has 1 unspecified atom stereocenters. The van der Waals surface area contributed by atoms with Crippen LogP contribution < -0.4 is 5.32 Å². The summed E-state index contributed by atoms with van der Waals surface area (Å²) in [4.78, 5) is 11.8. The fourth-order valence-electron chi connectivity index (χ4n) is 1.75. The number of carbonyl (C=O) groups excluding carboxylic acids is 1.